The molecule has 2 saturated heterocycles. The lowest BCUT2D eigenvalue weighted by atomic mass is 9.97. The Hall–Kier alpha value is -2.48. The third-order valence-corrected chi connectivity index (χ3v) is 5.47. The smallest absolute Gasteiger partial charge is 0.310 e. The highest BCUT2D eigenvalue weighted by molar-refractivity contribution is 5.89. The fourth-order valence-corrected chi connectivity index (χ4v) is 3.90. The van der Waals surface area contributed by atoms with Crippen LogP contribution < -0.4 is 5.32 Å². The first-order chi connectivity index (χ1) is 14.0. The molecule has 1 aromatic rings. The van der Waals surface area contributed by atoms with E-state index in [2.05, 4.69) is 5.32 Å². The number of piperazine rings is 1. The fourth-order valence-electron chi connectivity index (χ4n) is 3.90. The number of ether oxygens (including phenoxy) is 1. The number of carbonyl (C=O) groups is 3. The Balaban J connectivity index is 1.57. The average Bonchev–Trinajstić information content (AvgIpc) is 2.72. The zero-order chi connectivity index (χ0) is 20.8. The standard InChI is InChI=1S/C21H28FN3O4/c1-2-29-21(28)16-7-5-10-24(14-16)19(26)12-18-20(27)25(11-9-23-18)13-15-6-3-4-8-17(15)22/h3-4,6,8,16,18,23H,2,5,7,9-14H2,1H3. The molecule has 3 rings (SSSR count). The Morgan fingerprint density at radius 3 is 2.83 bits per heavy atom. The Morgan fingerprint density at radius 1 is 1.28 bits per heavy atom. The maximum absolute atomic E-state index is 13.9. The van der Waals surface area contributed by atoms with Crippen molar-refractivity contribution in [2.45, 2.75) is 38.8 Å². The summed E-state index contributed by atoms with van der Waals surface area (Å²) >= 11 is 0. The second-order valence-corrected chi connectivity index (χ2v) is 7.49. The minimum absolute atomic E-state index is 0.0299. The predicted octanol–water partition coefficient (Wildman–Crippen LogP) is 1.32. The number of amides is 2. The van der Waals surface area contributed by atoms with Crippen LogP contribution in [0.3, 0.4) is 0 Å². The lowest BCUT2D eigenvalue weighted by molar-refractivity contribution is -0.152. The van der Waals surface area contributed by atoms with Gasteiger partial charge in [0, 0.05) is 38.3 Å². The van der Waals surface area contributed by atoms with E-state index in [9.17, 15) is 18.8 Å². The van der Waals surface area contributed by atoms with E-state index in [0.29, 0.717) is 44.8 Å². The molecular weight excluding hydrogens is 377 g/mol. The van der Waals surface area contributed by atoms with Crippen molar-refractivity contribution in [1.82, 2.24) is 15.1 Å². The van der Waals surface area contributed by atoms with Crippen LogP contribution in [0.25, 0.3) is 0 Å². The van der Waals surface area contributed by atoms with Gasteiger partial charge >= 0.3 is 5.97 Å². The number of carbonyl (C=O) groups excluding carboxylic acids is 3. The molecule has 2 atom stereocenters. The van der Waals surface area contributed by atoms with Crippen molar-refractivity contribution >= 4 is 17.8 Å². The maximum Gasteiger partial charge on any atom is 0.310 e. The van der Waals surface area contributed by atoms with Crippen molar-refractivity contribution in [1.29, 1.82) is 0 Å². The molecular formula is C21H28FN3O4. The van der Waals surface area contributed by atoms with Crippen LogP contribution in [0.1, 0.15) is 31.7 Å². The molecule has 0 aliphatic carbocycles. The Bertz CT molecular complexity index is 757. The van der Waals surface area contributed by atoms with Crippen molar-refractivity contribution in [2.75, 3.05) is 32.8 Å². The van der Waals surface area contributed by atoms with E-state index in [1.165, 1.54) is 6.07 Å². The molecule has 2 aliphatic heterocycles. The first-order valence-corrected chi connectivity index (χ1v) is 10.2. The number of nitrogens with zero attached hydrogens (tertiary/aromatic N) is 2. The molecule has 2 fully saturated rings. The van der Waals surface area contributed by atoms with Crippen LogP contribution in [0.4, 0.5) is 4.39 Å². The topological polar surface area (TPSA) is 79.0 Å². The fraction of sp³-hybridized carbons (Fsp3) is 0.571. The van der Waals surface area contributed by atoms with Gasteiger partial charge in [-0.3, -0.25) is 14.4 Å². The molecule has 2 amide bonds. The normalized spacial score (nSPS) is 22.5. The van der Waals surface area contributed by atoms with Crippen LogP contribution in [0.5, 0.6) is 0 Å². The average molecular weight is 405 g/mol. The Labute approximate surface area is 170 Å². The van der Waals surface area contributed by atoms with E-state index in [0.717, 1.165) is 6.42 Å². The van der Waals surface area contributed by atoms with E-state index < -0.39 is 6.04 Å². The molecule has 0 radical (unpaired) electrons. The van der Waals surface area contributed by atoms with Crippen LogP contribution in [-0.4, -0.2) is 66.4 Å². The quantitative estimate of drug-likeness (QED) is 0.722. The van der Waals surface area contributed by atoms with Crippen LogP contribution in [0.15, 0.2) is 24.3 Å². The number of halogens is 1. The van der Waals surface area contributed by atoms with Gasteiger partial charge in [0.05, 0.1) is 25.0 Å². The van der Waals surface area contributed by atoms with Crippen molar-refractivity contribution in [3.63, 3.8) is 0 Å². The maximum atomic E-state index is 13.9. The highest BCUT2D eigenvalue weighted by atomic mass is 19.1. The van der Waals surface area contributed by atoms with Gasteiger partial charge in [-0.1, -0.05) is 18.2 Å². The highest BCUT2D eigenvalue weighted by Gasteiger charge is 2.34. The number of likely N-dealkylation sites (tertiary alicyclic amines) is 1. The molecule has 7 nitrogen and oxygen atoms in total. The molecule has 1 aromatic carbocycles. The summed E-state index contributed by atoms with van der Waals surface area (Å²) in [5.74, 6) is -1.28. The third-order valence-electron chi connectivity index (χ3n) is 5.47. The zero-order valence-corrected chi connectivity index (χ0v) is 16.7. The van der Waals surface area contributed by atoms with Gasteiger partial charge in [0.1, 0.15) is 5.82 Å². The molecule has 0 aromatic heterocycles. The van der Waals surface area contributed by atoms with Gasteiger partial charge in [-0.25, -0.2) is 4.39 Å². The van der Waals surface area contributed by atoms with E-state index in [1.807, 2.05) is 0 Å². The van der Waals surface area contributed by atoms with Gasteiger partial charge in [-0.05, 0) is 25.8 Å². The first-order valence-electron chi connectivity index (χ1n) is 10.2. The molecule has 29 heavy (non-hydrogen) atoms. The van der Waals surface area contributed by atoms with E-state index in [4.69, 9.17) is 4.74 Å². The zero-order valence-electron chi connectivity index (χ0n) is 16.7. The summed E-state index contributed by atoms with van der Waals surface area (Å²) in [6, 6.07) is 5.75. The number of nitrogens with one attached hydrogen (secondary N) is 1. The number of benzene rings is 1. The minimum atomic E-state index is -0.633. The molecule has 1 N–H and O–H groups in total. The highest BCUT2D eigenvalue weighted by Crippen LogP contribution is 2.20. The largest absolute Gasteiger partial charge is 0.466 e. The van der Waals surface area contributed by atoms with Crippen LogP contribution >= 0.6 is 0 Å². The molecule has 2 unspecified atom stereocenters. The molecule has 2 aliphatic rings. The third kappa shape index (κ3) is 5.32. The summed E-state index contributed by atoms with van der Waals surface area (Å²) in [6.07, 6.45) is 1.47. The number of hydrogen-bond acceptors (Lipinski definition) is 5. The van der Waals surface area contributed by atoms with Crippen molar-refractivity contribution < 1.29 is 23.5 Å². The predicted molar refractivity (Wildman–Crippen MR) is 104 cm³/mol. The summed E-state index contributed by atoms with van der Waals surface area (Å²) in [5.41, 5.74) is 0.459. The lowest BCUT2D eigenvalue weighted by Crippen LogP contribution is -2.56. The monoisotopic (exact) mass is 405 g/mol. The number of piperidine rings is 1. The minimum Gasteiger partial charge on any atom is -0.466 e. The van der Waals surface area contributed by atoms with E-state index in [-0.39, 0.29) is 42.5 Å². The summed E-state index contributed by atoms with van der Waals surface area (Å²) in [5, 5.41) is 3.10. The van der Waals surface area contributed by atoms with Crippen molar-refractivity contribution in [3.05, 3.63) is 35.6 Å². The molecule has 158 valence electrons. The van der Waals surface area contributed by atoms with Gasteiger partial charge in [0.15, 0.2) is 0 Å². The molecule has 0 saturated carbocycles. The summed E-state index contributed by atoms with van der Waals surface area (Å²) < 4.78 is 19.0. The van der Waals surface area contributed by atoms with E-state index >= 15 is 0 Å². The number of hydrogen-bond donors (Lipinski definition) is 1. The van der Waals surface area contributed by atoms with Crippen LogP contribution in [-0.2, 0) is 25.7 Å². The first kappa shape index (κ1) is 21.2. The van der Waals surface area contributed by atoms with Gasteiger partial charge in [-0.2, -0.15) is 0 Å². The summed E-state index contributed by atoms with van der Waals surface area (Å²) in [7, 11) is 0. The molecule has 0 bridgehead atoms. The molecule has 2 heterocycles. The molecule has 8 heteroatoms. The van der Waals surface area contributed by atoms with Crippen LogP contribution in [0, 0.1) is 11.7 Å². The second kappa shape index (κ2) is 9.82. The number of esters is 1. The van der Waals surface area contributed by atoms with Gasteiger partial charge in [0.2, 0.25) is 11.8 Å². The van der Waals surface area contributed by atoms with Gasteiger partial charge in [-0.15, -0.1) is 0 Å². The van der Waals surface area contributed by atoms with Crippen LogP contribution in [0.2, 0.25) is 0 Å². The second-order valence-electron chi connectivity index (χ2n) is 7.49. The number of rotatable bonds is 6. The van der Waals surface area contributed by atoms with Crippen molar-refractivity contribution in [3.8, 4) is 0 Å². The van der Waals surface area contributed by atoms with Gasteiger partial charge in [0.25, 0.3) is 0 Å². The Morgan fingerprint density at radius 2 is 2.07 bits per heavy atom. The lowest BCUT2D eigenvalue weighted by Gasteiger charge is -2.35. The van der Waals surface area contributed by atoms with E-state index in [1.54, 1.807) is 34.9 Å². The summed E-state index contributed by atoms with van der Waals surface area (Å²) in [6.45, 7) is 4.19. The van der Waals surface area contributed by atoms with Gasteiger partial charge < -0.3 is 19.9 Å². The van der Waals surface area contributed by atoms with Crippen molar-refractivity contribution in [2.24, 2.45) is 5.92 Å². The summed E-state index contributed by atoms with van der Waals surface area (Å²) in [4.78, 5) is 40.8. The molecule has 0 spiro atoms. The SMILES string of the molecule is CCOC(=O)C1CCCN(C(=O)CC2NCCN(Cc3ccccc3F)C2=O)C1. The Kier molecular flexibility index (Phi) is 7.19.